The zero-order valence-electron chi connectivity index (χ0n) is 14.4. The molecule has 24 heavy (non-hydrogen) atoms. The van der Waals surface area contributed by atoms with Gasteiger partial charge in [-0.2, -0.15) is 0 Å². The number of carbonyl (C=O) groups is 1. The first-order chi connectivity index (χ1) is 11.3. The van der Waals surface area contributed by atoms with Crippen LogP contribution in [0, 0.1) is 12.8 Å². The first-order valence-electron chi connectivity index (χ1n) is 8.19. The molecule has 2 rings (SSSR count). The van der Waals surface area contributed by atoms with Crippen LogP contribution in [-0.4, -0.2) is 19.5 Å². The lowest BCUT2D eigenvalue weighted by molar-refractivity contribution is -0.119. The van der Waals surface area contributed by atoms with Crippen molar-refractivity contribution in [2.75, 3.05) is 0 Å². The van der Waals surface area contributed by atoms with E-state index in [2.05, 4.69) is 0 Å². The third kappa shape index (κ3) is 4.32. The minimum Gasteiger partial charge on any atom is -0.298 e. The third-order valence-corrected chi connectivity index (χ3v) is 6.51. The van der Waals surface area contributed by atoms with Gasteiger partial charge in [0.05, 0.1) is 4.90 Å². The van der Waals surface area contributed by atoms with Crippen molar-refractivity contribution in [1.82, 2.24) is 0 Å². The van der Waals surface area contributed by atoms with Gasteiger partial charge in [-0.3, -0.25) is 4.79 Å². The Labute approximate surface area is 144 Å². The lowest BCUT2D eigenvalue weighted by atomic mass is 10.0. The summed E-state index contributed by atoms with van der Waals surface area (Å²) in [4.78, 5) is 12.9. The van der Waals surface area contributed by atoms with Crippen molar-refractivity contribution < 1.29 is 13.2 Å². The fourth-order valence-electron chi connectivity index (χ4n) is 2.83. The van der Waals surface area contributed by atoms with Gasteiger partial charge >= 0.3 is 0 Å². The summed E-state index contributed by atoms with van der Waals surface area (Å²) in [6, 6.07) is 16.4. The van der Waals surface area contributed by atoms with Crippen molar-refractivity contribution in [2.24, 2.45) is 5.92 Å². The molecule has 0 radical (unpaired) electrons. The highest BCUT2D eigenvalue weighted by atomic mass is 32.2. The number of carbonyl (C=O) groups excluding carboxylic acids is 1. The van der Waals surface area contributed by atoms with Crippen LogP contribution in [0.2, 0.25) is 0 Å². The lowest BCUT2D eigenvalue weighted by Crippen LogP contribution is -2.35. The quantitative estimate of drug-likeness (QED) is 0.763. The average Bonchev–Trinajstić information content (AvgIpc) is 2.54. The van der Waals surface area contributed by atoms with Gasteiger partial charge in [0.2, 0.25) is 0 Å². The topological polar surface area (TPSA) is 51.2 Å². The van der Waals surface area contributed by atoms with Crippen molar-refractivity contribution in [1.29, 1.82) is 0 Å². The van der Waals surface area contributed by atoms with Gasteiger partial charge in [-0.1, -0.05) is 61.9 Å². The van der Waals surface area contributed by atoms with Crippen LogP contribution in [0.25, 0.3) is 0 Å². The van der Waals surface area contributed by atoms with E-state index >= 15 is 0 Å². The average molecular weight is 344 g/mol. The van der Waals surface area contributed by atoms with E-state index in [1.807, 2.05) is 37.3 Å². The Morgan fingerprint density at radius 1 is 0.958 bits per heavy atom. The Bertz CT molecular complexity index is 775. The van der Waals surface area contributed by atoms with Crippen LogP contribution in [0.1, 0.15) is 31.4 Å². The molecule has 0 spiro atoms. The van der Waals surface area contributed by atoms with E-state index in [1.165, 1.54) is 0 Å². The molecule has 0 aliphatic carbocycles. The molecule has 0 heterocycles. The smallest absolute Gasteiger partial charge is 0.188 e. The normalized spacial score (nSPS) is 13.0. The molecular formula is C20H24O3S. The minimum absolute atomic E-state index is 0.213. The Morgan fingerprint density at radius 2 is 1.54 bits per heavy atom. The lowest BCUT2D eigenvalue weighted by Gasteiger charge is -2.20. The number of aryl methyl sites for hydroxylation is 2. The van der Waals surface area contributed by atoms with Crippen LogP contribution in [0.3, 0.4) is 0 Å². The van der Waals surface area contributed by atoms with E-state index in [4.69, 9.17) is 0 Å². The predicted octanol–water partition coefficient (Wildman–Crippen LogP) is 4.00. The summed E-state index contributed by atoms with van der Waals surface area (Å²) in [7, 11) is -3.67. The fraction of sp³-hybridized carbons (Fsp3) is 0.350. The Morgan fingerprint density at radius 3 is 2.08 bits per heavy atom. The molecule has 0 aromatic heterocycles. The molecule has 0 saturated heterocycles. The van der Waals surface area contributed by atoms with Crippen molar-refractivity contribution in [2.45, 2.75) is 43.8 Å². The van der Waals surface area contributed by atoms with Gasteiger partial charge in [-0.25, -0.2) is 8.42 Å². The van der Waals surface area contributed by atoms with Crippen LogP contribution in [0.4, 0.5) is 0 Å². The van der Waals surface area contributed by atoms with Gasteiger partial charge < -0.3 is 0 Å². The number of rotatable bonds is 7. The summed E-state index contributed by atoms with van der Waals surface area (Å²) in [6.07, 6.45) is 0.796. The SMILES string of the molecule is Cc1ccc(S(=O)(=O)C(C(=O)CCc2ccccc2)C(C)C)cc1. The monoisotopic (exact) mass is 344 g/mol. The van der Waals surface area contributed by atoms with Gasteiger partial charge in [-0.05, 0) is 37.0 Å². The van der Waals surface area contributed by atoms with Gasteiger partial charge in [-0.15, -0.1) is 0 Å². The third-order valence-electron chi connectivity index (χ3n) is 4.11. The van der Waals surface area contributed by atoms with Gasteiger partial charge in [0.25, 0.3) is 0 Å². The summed E-state index contributed by atoms with van der Waals surface area (Å²) < 4.78 is 25.8. The molecule has 4 heteroatoms. The van der Waals surface area contributed by atoms with Crippen molar-refractivity contribution >= 4 is 15.6 Å². The second-order valence-electron chi connectivity index (χ2n) is 6.47. The van der Waals surface area contributed by atoms with Crippen molar-refractivity contribution in [3.05, 3.63) is 65.7 Å². The van der Waals surface area contributed by atoms with Crippen molar-refractivity contribution in [3.8, 4) is 0 Å². The summed E-state index contributed by atoms with van der Waals surface area (Å²) in [5.41, 5.74) is 2.03. The van der Waals surface area contributed by atoms with E-state index in [1.54, 1.807) is 38.1 Å². The molecule has 0 saturated carbocycles. The second kappa shape index (κ2) is 7.75. The summed E-state index contributed by atoms with van der Waals surface area (Å²) in [6.45, 7) is 5.48. The molecule has 0 amide bonds. The molecule has 128 valence electrons. The molecule has 3 nitrogen and oxygen atoms in total. The van der Waals surface area contributed by atoms with Crippen LogP contribution < -0.4 is 0 Å². The maximum absolute atomic E-state index is 12.9. The maximum atomic E-state index is 12.9. The van der Waals surface area contributed by atoms with E-state index in [-0.39, 0.29) is 23.0 Å². The zero-order chi connectivity index (χ0) is 17.7. The molecule has 0 N–H and O–H groups in total. The van der Waals surface area contributed by atoms with Crippen LogP contribution in [0.15, 0.2) is 59.5 Å². The first-order valence-corrected chi connectivity index (χ1v) is 9.74. The highest BCUT2D eigenvalue weighted by molar-refractivity contribution is 7.92. The molecule has 2 aromatic carbocycles. The number of hydrogen-bond acceptors (Lipinski definition) is 3. The Balaban J connectivity index is 2.21. The van der Waals surface area contributed by atoms with E-state index in [9.17, 15) is 13.2 Å². The van der Waals surface area contributed by atoms with Crippen LogP contribution >= 0.6 is 0 Å². The molecular weight excluding hydrogens is 320 g/mol. The molecule has 2 aromatic rings. The number of benzene rings is 2. The molecule has 0 fully saturated rings. The number of Topliss-reactive ketones (excluding diaryl/α,β-unsaturated/α-hetero) is 1. The van der Waals surface area contributed by atoms with Gasteiger partial charge in [0.15, 0.2) is 15.6 Å². The Kier molecular flexibility index (Phi) is 5.94. The molecule has 1 atom stereocenters. The molecule has 0 aliphatic rings. The summed E-state index contributed by atoms with van der Waals surface area (Å²) in [5.74, 6) is -0.478. The summed E-state index contributed by atoms with van der Waals surface area (Å²) >= 11 is 0. The largest absolute Gasteiger partial charge is 0.298 e. The van der Waals surface area contributed by atoms with E-state index < -0.39 is 15.1 Å². The number of ketones is 1. The molecule has 0 aliphatic heterocycles. The fourth-order valence-corrected chi connectivity index (χ4v) is 4.82. The second-order valence-corrected chi connectivity index (χ2v) is 8.54. The predicted molar refractivity (Wildman–Crippen MR) is 96.8 cm³/mol. The number of hydrogen-bond donors (Lipinski definition) is 0. The van der Waals surface area contributed by atoms with Crippen LogP contribution in [-0.2, 0) is 21.1 Å². The van der Waals surface area contributed by atoms with Gasteiger partial charge in [0.1, 0.15) is 5.25 Å². The minimum atomic E-state index is -3.67. The Hall–Kier alpha value is -1.94. The van der Waals surface area contributed by atoms with Crippen molar-refractivity contribution in [3.63, 3.8) is 0 Å². The van der Waals surface area contributed by atoms with E-state index in [0.717, 1.165) is 11.1 Å². The maximum Gasteiger partial charge on any atom is 0.188 e. The van der Waals surface area contributed by atoms with Gasteiger partial charge in [0, 0.05) is 6.42 Å². The first kappa shape index (κ1) is 18.4. The van der Waals surface area contributed by atoms with Crippen LogP contribution in [0.5, 0.6) is 0 Å². The number of sulfone groups is 1. The highest BCUT2D eigenvalue weighted by Gasteiger charge is 2.35. The summed E-state index contributed by atoms with van der Waals surface area (Å²) in [5, 5.41) is -0.996. The standard InChI is InChI=1S/C20H24O3S/c1-15(2)20(19(21)14-11-17-7-5-4-6-8-17)24(22,23)18-12-9-16(3)10-13-18/h4-10,12-13,15,20H,11,14H2,1-3H3. The van der Waals surface area contributed by atoms with E-state index in [0.29, 0.717) is 6.42 Å². The molecule has 1 unspecified atom stereocenters. The molecule has 0 bridgehead atoms. The zero-order valence-corrected chi connectivity index (χ0v) is 15.2. The highest BCUT2D eigenvalue weighted by Crippen LogP contribution is 2.24.